The lowest BCUT2D eigenvalue weighted by Gasteiger charge is -2.23. The molecule has 170 valence electrons. The van der Waals surface area contributed by atoms with E-state index in [0.717, 1.165) is 33.8 Å². The number of carbonyl (C=O) groups is 1. The standard InChI is InChI=1S/C22H24I3N5OS/c1-4-18(29(2)3)21-27-28-22(30(21)12-14-8-6-5-7-9-14)32-13-19(31)26-20-16(24)10-15(23)11-17(20)25/h5-11,18H,4,12-13H2,1-3H3,(H,26,31)/t18-/m0/s1. The molecule has 1 heterocycles. The van der Waals surface area contributed by atoms with Crippen LogP contribution in [0.2, 0.25) is 0 Å². The van der Waals surface area contributed by atoms with Crippen LogP contribution in [0.25, 0.3) is 0 Å². The summed E-state index contributed by atoms with van der Waals surface area (Å²) in [4.78, 5) is 14.9. The summed E-state index contributed by atoms with van der Waals surface area (Å²) in [6.45, 7) is 2.82. The first-order chi connectivity index (χ1) is 15.3. The minimum atomic E-state index is -0.0532. The SMILES string of the molecule is CC[C@@H](c1nnc(SCC(=O)Nc2c(I)cc(I)cc2I)n1Cc1ccccc1)N(C)C. The Morgan fingerprint density at radius 1 is 1.12 bits per heavy atom. The van der Waals surface area contributed by atoms with Gasteiger partial charge in [0.1, 0.15) is 0 Å². The van der Waals surface area contributed by atoms with Gasteiger partial charge < -0.3 is 9.88 Å². The van der Waals surface area contributed by atoms with Gasteiger partial charge in [0, 0.05) is 10.7 Å². The Kier molecular flexibility index (Phi) is 10.1. The van der Waals surface area contributed by atoms with E-state index in [1.165, 1.54) is 17.3 Å². The Morgan fingerprint density at radius 2 is 1.78 bits per heavy atom. The number of amides is 1. The van der Waals surface area contributed by atoms with Crippen LogP contribution in [-0.4, -0.2) is 45.4 Å². The highest BCUT2D eigenvalue weighted by molar-refractivity contribution is 14.1. The van der Waals surface area contributed by atoms with Crippen molar-refractivity contribution in [2.45, 2.75) is 31.1 Å². The smallest absolute Gasteiger partial charge is 0.234 e. The molecule has 1 N–H and O–H groups in total. The van der Waals surface area contributed by atoms with Crippen LogP contribution in [0.3, 0.4) is 0 Å². The molecule has 0 fully saturated rings. The van der Waals surface area contributed by atoms with Crippen LogP contribution in [0.5, 0.6) is 0 Å². The summed E-state index contributed by atoms with van der Waals surface area (Å²) in [6.07, 6.45) is 0.925. The minimum Gasteiger partial charge on any atom is -0.324 e. The second-order valence-electron chi connectivity index (χ2n) is 7.38. The van der Waals surface area contributed by atoms with E-state index in [1.807, 2.05) is 18.2 Å². The van der Waals surface area contributed by atoms with E-state index in [1.54, 1.807) is 0 Å². The molecule has 0 radical (unpaired) electrons. The van der Waals surface area contributed by atoms with Gasteiger partial charge in [-0.3, -0.25) is 9.69 Å². The lowest BCUT2D eigenvalue weighted by Crippen LogP contribution is -2.23. The number of hydrogen-bond acceptors (Lipinski definition) is 5. The number of carbonyl (C=O) groups excluding carboxylic acids is 1. The fraction of sp³-hybridized carbons (Fsp3) is 0.318. The van der Waals surface area contributed by atoms with Gasteiger partial charge in [0.05, 0.1) is 24.0 Å². The van der Waals surface area contributed by atoms with E-state index in [2.05, 4.69) is 138 Å². The summed E-state index contributed by atoms with van der Waals surface area (Å²) in [5.41, 5.74) is 2.04. The number of benzene rings is 2. The molecular formula is C22H24I3N5OS. The number of aromatic nitrogens is 3. The van der Waals surface area contributed by atoms with E-state index in [4.69, 9.17) is 0 Å². The van der Waals surface area contributed by atoms with Crippen LogP contribution in [0.4, 0.5) is 5.69 Å². The first-order valence-corrected chi connectivity index (χ1v) is 14.2. The second kappa shape index (κ2) is 12.3. The van der Waals surface area contributed by atoms with E-state index < -0.39 is 0 Å². The molecule has 0 bridgehead atoms. The number of hydrogen-bond donors (Lipinski definition) is 1. The van der Waals surface area contributed by atoms with Gasteiger partial charge in [-0.05, 0) is 106 Å². The molecule has 3 rings (SSSR count). The molecule has 0 unspecified atom stereocenters. The molecule has 0 aliphatic heterocycles. The predicted octanol–water partition coefficient (Wildman–Crippen LogP) is 5.88. The molecule has 2 aromatic carbocycles. The molecule has 1 amide bonds. The van der Waals surface area contributed by atoms with Gasteiger partial charge in [0.2, 0.25) is 5.91 Å². The van der Waals surface area contributed by atoms with Crippen LogP contribution >= 0.6 is 79.5 Å². The van der Waals surface area contributed by atoms with Crippen molar-refractivity contribution >= 4 is 91.1 Å². The lowest BCUT2D eigenvalue weighted by molar-refractivity contribution is -0.113. The van der Waals surface area contributed by atoms with Crippen molar-refractivity contribution in [2.75, 3.05) is 25.2 Å². The van der Waals surface area contributed by atoms with Crippen molar-refractivity contribution in [3.8, 4) is 0 Å². The molecule has 0 saturated carbocycles. The van der Waals surface area contributed by atoms with Crippen molar-refractivity contribution in [3.05, 3.63) is 64.6 Å². The molecule has 0 aliphatic carbocycles. The minimum absolute atomic E-state index is 0.0532. The van der Waals surface area contributed by atoms with Crippen LogP contribution in [-0.2, 0) is 11.3 Å². The Bertz CT molecular complexity index is 1050. The van der Waals surface area contributed by atoms with Gasteiger partial charge in [-0.1, -0.05) is 49.0 Å². The number of rotatable bonds is 9. The molecule has 32 heavy (non-hydrogen) atoms. The predicted molar refractivity (Wildman–Crippen MR) is 156 cm³/mol. The molecule has 0 spiro atoms. The van der Waals surface area contributed by atoms with Gasteiger partial charge in [0.25, 0.3) is 0 Å². The second-order valence-corrected chi connectivity index (χ2v) is 11.9. The van der Waals surface area contributed by atoms with Crippen molar-refractivity contribution in [2.24, 2.45) is 0 Å². The van der Waals surface area contributed by atoms with Crippen molar-refractivity contribution < 1.29 is 4.79 Å². The maximum atomic E-state index is 12.7. The average Bonchev–Trinajstić information content (AvgIpc) is 3.12. The average molecular weight is 787 g/mol. The van der Waals surface area contributed by atoms with Crippen molar-refractivity contribution in [1.29, 1.82) is 0 Å². The number of nitrogens with one attached hydrogen (secondary N) is 1. The zero-order chi connectivity index (χ0) is 23.3. The largest absolute Gasteiger partial charge is 0.324 e. The van der Waals surface area contributed by atoms with Gasteiger partial charge >= 0.3 is 0 Å². The quantitative estimate of drug-likeness (QED) is 0.217. The summed E-state index contributed by atoms with van der Waals surface area (Å²) in [5.74, 6) is 1.14. The Hall–Kier alpha value is -0.450. The van der Waals surface area contributed by atoms with E-state index >= 15 is 0 Å². The molecular weight excluding hydrogens is 763 g/mol. The van der Waals surface area contributed by atoms with Crippen molar-refractivity contribution in [1.82, 2.24) is 19.7 Å². The van der Waals surface area contributed by atoms with E-state index in [9.17, 15) is 4.79 Å². The number of thioether (sulfide) groups is 1. The molecule has 0 aliphatic rings. The molecule has 0 saturated heterocycles. The third kappa shape index (κ3) is 6.79. The monoisotopic (exact) mass is 787 g/mol. The van der Waals surface area contributed by atoms with Gasteiger partial charge in [-0.15, -0.1) is 10.2 Å². The molecule has 10 heteroatoms. The number of anilines is 1. The summed E-state index contributed by atoms with van der Waals surface area (Å²) >= 11 is 8.23. The van der Waals surface area contributed by atoms with Crippen LogP contribution in [0.1, 0.15) is 30.8 Å². The summed E-state index contributed by atoms with van der Waals surface area (Å²) in [5, 5.41) is 12.8. The number of nitrogens with zero attached hydrogens (tertiary/aromatic N) is 4. The third-order valence-corrected chi connectivity index (χ3v) is 8.13. The van der Waals surface area contributed by atoms with Crippen LogP contribution < -0.4 is 5.32 Å². The van der Waals surface area contributed by atoms with Gasteiger partial charge in [0.15, 0.2) is 11.0 Å². The third-order valence-electron chi connectivity index (χ3n) is 4.84. The zero-order valence-electron chi connectivity index (χ0n) is 18.0. The maximum absolute atomic E-state index is 12.7. The zero-order valence-corrected chi connectivity index (χ0v) is 25.3. The molecule has 3 aromatic rings. The maximum Gasteiger partial charge on any atom is 0.234 e. The fourth-order valence-electron chi connectivity index (χ4n) is 3.31. The van der Waals surface area contributed by atoms with E-state index in [-0.39, 0.29) is 17.7 Å². The number of halogens is 3. The highest BCUT2D eigenvalue weighted by atomic mass is 127. The Morgan fingerprint density at radius 3 is 2.38 bits per heavy atom. The topological polar surface area (TPSA) is 63.1 Å². The Balaban J connectivity index is 1.80. The van der Waals surface area contributed by atoms with Crippen molar-refractivity contribution in [3.63, 3.8) is 0 Å². The fourth-order valence-corrected chi connectivity index (χ4v) is 7.91. The summed E-state index contributed by atoms with van der Waals surface area (Å²) < 4.78 is 5.35. The summed E-state index contributed by atoms with van der Waals surface area (Å²) in [7, 11) is 4.11. The molecule has 1 atom stereocenters. The summed E-state index contributed by atoms with van der Waals surface area (Å²) in [6, 6.07) is 14.6. The van der Waals surface area contributed by atoms with Gasteiger partial charge in [-0.2, -0.15) is 0 Å². The van der Waals surface area contributed by atoms with Crippen LogP contribution in [0, 0.1) is 10.7 Å². The molecule has 6 nitrogen and oxygen atoms in total. The normalized spacial score (nSPS) is 12.2. The van der Waals surface area contributed by atoms with Gasteiger partial charge in [-0.25, -0.2) is 0 Å². The highest BCUT2D eigenvalue weighted by Crippen LogP contribution is 2.29. The first-order valence-electron chi connectivity index (χ1n) is 10.0. The van der Waals surface area contributed by atoms with E-state index in [0.29, 0.717) is 6.54 Å². The Labute approximate surface area is 234 Å². The highest BCUT2D eigenvalue weighted by Gasteiger charge is 2.23. The molecule has 1 aromatic heterocycles. The lowest BCUT2D eigenvalue weighted by atomic mass is 10.2. The van der Waals surface area contributed by atoms with Crippen LogP contribution in [0.15, 0.2) is 47.6 Å². The first kappa shape index (κ1) is 26.2.